The molecule has 0 bridgehead atoms. The molecule has 1 amide bonds. The molecule has 0 saturated heterocycles. The minimum Gasteiger partial charge on any atom is -0.324 e. The second kappa shape index (κ2) is 4.01. The zero-order chi connectivity index (χ0) is 11.7. The van der Waals surface area contributed by atoms with Crippen molar-refractivity contribution in [2.24, 2.45) is 0 Å². The molecule has 2 aromatic rings. The van der Waals surface area contributed by atoms with Gasteiger partial charge >= 0.3 is 0 Å². The van der Waals surface area contributed by atoms with Crippen LogP contribution in [0.5, 0.6) is 0 Å². The fourth-order valence-corrected chi connectivity index (χ4v) is 2.16. The average Bonchev–Trinajstić information content (AvgIpc) is 2.32. The highest BCUT2D eigenvalue weighted by molar-refractivity contribution is 5.97. The molecule has 3 rings (SSSR count). The van der Waals surface area contributed by atoms with Gasteiger partial charge in [0.15, 0.2) is 0 Å². The molecule has 1 N–H and O–H groups in total. The molecule has 17 heavy (non-hydrogen) atoms. The van der Waals surface area contributed by atoms with Crippen LogP contribution in [-0.2, 0) is 11.2 Å². The first-order chi connectivity index (χ1) is 8.34. The highest BCUT2D eigenvalue weighted by Gasteiger charge is 2.31. The number of benzene rings is 1. The van der Waals surface area contributed by atoms with Gasteiger partial charge in [0.25, 0.3) is 0 Å². The van der Waals surface area contributed by atoms with Crippen LogP contribution in [0.4, 0.5) is 5.69 Å². The second-order valence-corrected chi connectivity index (χ2v) is 4.19. The standard InChI is InChI=1S/C14H12N2O/c17-14(16-11-5-3-7-15-9-11)13-8-10-4-1-2-6-12(10)13/h1-7,9,13H,8H2,(H,16,17). The molecule has 0 spiro atoms. The van der Waals surface area contributed by atoms with E-state index in [0.29, 0.717) is 0 Å². The number of amides is 1. The van der Waals surface area contributed by atoms with E-state index < -0.39 is 0 Å². The number of fused-ring (bicyclic) bond motifs is 1. The van der Waals surface area contributed by atoms with Crippen LogP contribution >= 0.6 is 0 Å². The predicted molar refractivity (Wildman–Crippen MR) is 65.8 cm³/mol. The Morgan fingerprint density at radius 3 is 2.88 bits per heavy atom. The SMILES string of the molecule is O=C(Nc1cccnc1)C1Cc2ccccc21. The maximum absolute atomic E-state index is 12.0. The molecule has 0 saturated carbocycles. The third-order valence-electron chi connectivity index (χ3n) is 3.10. The van der Waals surface area contributed by atoms with Crippen molar-refractivity contribution >= 4 is 11.6 Å². The number of anilines is 1. The van der Waals surface area contributed by atoms with Gasteiger partial charge in [-0.25, -0.2) is 0 Å². The summed E-state index contributed by atoms with van der Waals surface area (Å²) in [7, 11) is 0. The molecular formula is C14H12N2O. The van der Waals surface area contributed by atoms with Crippen molar-refractivity contribution < 1.29 is 4.79 Å². The Bertz CT molecular complexity index is 551. The van der Waals surface area contributed by atoms with Gasteiger partial charge in [0.1, 0.15) is 0 Å². The van der Waals surface area contributed by atoms with Crippen LogP contribution in [0.2, 0.25) is 0 Å². The van der Waals surface area contributed by atoms with E-state index in [9.17, 15) is 4.79 Å². The highest BCUT2D eigenvalue weighted by atomic mass is 16.1. The Morgan fingerprint density at radius 1 is 1.24 bits per heavy atom. The number of carbonyl (C=O) groups excluding carboxylic acids is 1. The summed E-state index contributed by atoms with van der Waals surface area (Å²) in [6, 6.07) is 11.7. The zero-order valence-corrected chi connectivity index (χ0v) is 9.26. The van der Waals surface area contributed by atoms with E-state index in [0.717, 1.165) is 17.7 Å². The number of aromatic nitrogens is 1. The first kappa shape index (κ1) is 10.0. The Morgan fingerprint density at radius 2 is 2.12 bits per heavy atom. The number of hydrogen-bond donors (Lipinski definition) is 1. The van der Waals surface area contributed by atoms with Gasteiger partial charge in [0.05, 0.1) is 17.8 Å². The van der Waals surface area contributed by atoms with Crippen molar-refractivity contribution in [2.75, 3.05) is 5.32 Å². The predicted octanol–water partition coefficient (Wildman–Crippen LogP) is 2.36. The molecule has 1 aliphatic rings. The molecule has 3 nitrogen and oxygen atoms in total. The maximum atomic E-state index is 12.0. The number of nitrogens with zero attached hydrogens (tertiary/aromatic N) is 1. The topological polar surface area (TPSA) is 42.0 Å². The van der Waals surface area contributed by atoms with E-state index in [-0.39, 0.29) is 11.8 Å². The van der Waals surface area contributed by atoms with Gasteiger partial charge in [0.2, 0.25) is 5.91 Å². The van der Waals surface area contributed by atoms with Gasteiger partial charge in [-0.05, 0) is 29.7 Å². The molecule has 0 fully saturated rings. The van der Waals surface area contributed by atoms with E-state index in [1.165, 1.54) is 5.56 Å². The summed E-state index contributed by atoms with van der Waals surface area (Å²) in [6.45, 7) is 0. The molecule has 84 valence electrons. The van der Waals surface area contributed by atoms with Crippen molar-refractivity contribution in [1.29, 1.82) is 0 Å². The molecule has 0 aliphatic heterocycles. The molecule has 1 aromatic heterocycles. The summed E-state index contributed by atoms with van der Waals surface area (Å²) in [5, 5.41) is 2.88. The zero-order valence-electron chi connectivity index (χ0n) is 9.26. The summed E-state index contributed by atoms with van der Waals surface area (Å²) < 4.78 is 0. The first-order valence-corrected chi connectivity index (χ1v) is 5.63. The fraction of sp³-hybridized carbons (Fsp3) is 0.143. The number of carbonyl (C=O) groups is 1. The molecule has 0 radical (unpaired) electrons. The van der Waals surface area contributed by atoms with Crippen molar-refractivity contribution in [2.45, 2.75) is 12.3 Å². The van der Waals surface area contributed by atoms with Gasteiger partial charge in [-0.3, -0.25) is 9.78 Å². The van der Waals surface area contributed by atoms with Gasteiger partial charge in [-0.2, -0.15) is 0 Å². The Kier molecular flexibility index (Phi) is 2.37. The molecule has 1 atom stereocenters. The third kappa shape index (κ3) is 1.80. The third-order valence-corrected chi connectivity index (χ3v) is 3.10. The summed E-state index contributed by atoms with van der Waals surface area (Å²) in [6.07, 6.45) is 4.18. The lowest BCUT2D eigenvalue weighted by atomic mass is 9.77. The maximum Gasteiger partial charge on any atom is 0.232 e. The Labute approximate surface area is 99.5 Å². The van der Waals surface area contributed by atoms with Gasteiger partial charge < -0.3 is 5.32 Å². The van der Waals surface area contributed by atoms with Gasteiger partial charge in [-0.15, -0.1) is 0 Å². The Balaban J connectivity index is 1.74. The van der Waals surface area contributed by atoms with Crippen LogP contribution in [0.15, 0.2) is 48.8 Å². The van der Waals surface area contributed by atoms with E-state index in [4.69, 9.17) is 0 Å². The average molecular weight is 224 g/mol. The minimum absolute atomic E-state index is 0.00796. The van der Waals surface area contributed by atoms with Crippen LogP contribution in [-0.4, -0.2) is 10.9 Å². The summed E-state index contributed by atoms with van der Waals surface area (Å²) >= 11 is 0. The van der Waals surface area contributed by atoms with Crippen LogP contribution in [0.3, 0.4) is 0 Å². The van der Waals surface area contributed by atoms with Gasteiger partial charge in [-0.1, -0.05) is 24.3 Å². The van der Waals surface area contributed by atoms with Crippen molar-refractivity contribution in [3.63, 3.8) is 0 Å². The monoisotopic (exact) mass is 224 g/mol. The summed E-state index contributed by atoms with van der Waals surface area (Å²) in [5.74, 6) is 0.0445. The van der Waals surface area contributed by atoms with Gasteiger partial charge in [0, 0.05) is 6.20 Å². The molecule has 1 unspecified atom stereocenters. The van der Waals surface area contributed by atoms with Crippen molar-refractivity contribution in [3.05, 3.63) is 59.9 Å². The fourth-order valence-electron chi connectivity index (χ4n) is 2.16. The van der Waals surface area contributed by atoms with Crippen LogP contribution in [0, 0.1) is 0 Å². The second-order valence-electron chi connectivity index (χ2n) is 4.19. The number of rotatable bonds is 2. The smallest absolute Gasteiger partial charge is 0.232 e. The van der Waals surface area contributed by atoms with E-state index in [1.807, 2.05) is 30.3 Å². The highest BCUT2D eigenvalue weighted by Crippen LogP contribution is 2.35. The van der Waals surface area contributed by atoms with Crippen molar-refractivity contribution in [1.82, 2.24) is 4.98 Å². The molecular weight excluding hydrogens is 212 g/mol. The number of pyridine rings is 1. The largest absolute Gasteiger partial charge is 0.324 e. The van der Waals surface area contributed by atoms with Crippen LogP contribution in [0.25, 0.3) is 0 Å². The van der Waals surface area contributed by atoms with E-state index in [2.05, 4.69) is 16.4 Å². The Hall–Kier alpha value is -2.16. The van der Waals surface area contributed by atoms with E-state index >= 15 is 0 Å². The first-order valence-electron chi connectivity index (χ1n) is 5.63. The summed E-state index contributed by atoms with van der Waals surface area (Å²) in [5.41, 5.74) is 3.18. The summed E-state index contributed by atoms with van der Waals surface area (Å²) in [4.78, 5) is 16.0. The number of nitrogens with one attached hydrogen (secondary N) is 1. The normalized spacial score (nSPS) is 16.8. The molecule has 1 aliphatic carbocycles. The lowest BCUT2D eigenvalue weighted by molar-refractivity contribution is -0.118. The number of hydrogen-bond acceptors (Lipinski definition) is 2. The lowest BCUT2D eigenvalue weighted by Gasteiger charge is -2.28. The minimum atomic E-state index is -0.00796. The molecule has 3 heteroatoms. The van der Waals surface area contributed by atoms with Crippen LogP contribution in [0.1, 0.15) is 17.0 Å². The molecule has 1 heterocycles. The quantitative estimate of drug-likeness (QED) is 0.850. The van der Waals surface area contributed by atoms with Crippen molar-refractivity contribution in [3.8, 4) is 0 Å². The lowest BCUT2D eigenvalue weighted by Crippen LogP contribution is -2.30. The van der Waals surface area contributed by atoms with E-state index in [1.54, 1.807) is 12.4 Å². The molecule has 1 aromatic carbocycles. The van der Waals surface area contributed by atoms with Crippen LogP contribution < -0.4 is 5.32 Å².